The van der Waals surface area contributed by atoms with Gasteiger partial charge in [-0.3, -0.25) is 9.69 Å². The average Bonchev–Trinajstić information content (AvgIpc) is 3.42. The lowest BCUT2D eigenvalue weighted by Gasteiger charge is -2.36. The molecule has 138 valence electrons. The Kier molecular flexibility index (Phi) is 4.01. The van der Waals surface area contributed by atoms with Crippen LogP contribution in [0.2, 0.25) is 0 Å². The Hall–Kier alpha value is -2.59. The second kappa shape index (κ2) is 6.54. The number of nitrogens with one attached hydrogen (secondary N) is 1. The highest BCUT2D eigenvalue weighted by Crippen LogP contribution is 2.32. The van der Waals surface area contributed by atoms with Crippen molar-refractivity contribution in [1.82, 2.24) is 14.8 Å². The molecule has 4 heteroatoms. The quantitative estimate of drug-likeness (QED) is 0.771. The summed E-state index contributed by atoms with van der Waals surface area (Å²) in [5.74, 6) is 0.281. The van der Waals surface area contributed by atoms with Crippen LogP contribution in [0.1, 0.15) is 29.5 Å². The van der Waals surface area contributed by atoms with Crippen molar-refractivity contribution in [3.8, 4) is 0 Å². The molecule has 2 aliphatic rings. The largest absolute Gasteiger partial charge is 0.361 e. The van der Waals surface area contributed by atoms with Gasteiger partial charge >= 0.3 is 0 Å². The van der Waals surface area contributed by atoms with Gasteiger partial charge in [0.15, 0.2) is 0 Å². The van der Waals surface area contributed by atoms with Crippen molar-refractivity contribution in [2.45, 2.75) is 44.4 Å². The summed E-state index contributed by atoms with van der Waals surface area (Å²) < 4.78 is 0. The van der Waals surface area contributed by atoms with Crippen LogP contribution in [0.4, 0.5) is 0 Å². The molecule has 1 saturated carbocycles. The second-order valence-corrected chi connectivity index (χ2v) is 8.00. The van der Waals surface area contributed by atoms with E-state index in [2.05, 4.69) is 70.4 Å². The molecule has 0 unspecified atom stereocenters. The Bertz CT molecular complexity index is 988. The molecule has 4 nitrogen and oxygen atoms in total. The molecule has 27 heavy (non-hydrogen) atoms. The molecule has 1 atom stereocenters. The van der Waals surface area contributed by atoms with Crippen molar-refractivity contribution in [2.75, 3.05) is 7.05 Å². The third-order valence-electron chi connectivity index (χ3n) is 6.01. The third-order valence-corrected chi connectivity index (χ3v) is 6.01. The molecule has 1 aliphatic carbocycles. The van der Waals surface area contributed by atoms with Crippen molar-refractivity contribution in [3.05, 3.63) is 71.4 Å². The maximum Gasteiger partial charge on any atom is 0.240 e. The lowest BCUT2D eigenvalue weighted by molar-refractivity contribution is -0.138. The van der Waals surface area contributed by atoms with Crippen LogP contribution in [0.15, 0.2) is 54.7 Å². The molecular weight excluding hydrogens is 334 g/mol. The second-order valence-electron chi connectivity index (χ2n) is 8.00. The molecule has 5 rings (SSSR count). The summed E-state index contributed by atoms with van der Waals surface area (Å²) in [5, 5.41) is 1.21. The first-order chi connectivity index (χ1) is 13.2. The topological polar surface area (TPSA) is 39.3 Å². The number of aromatic amines is 1. The minimum Gasteiger partial charge on any atom is -0.361 e. The van der Waals surface area contributed by atoms with E-state index in [4.69, 9.17) is 0 Å². The van der Waals surface area contributed by atoms with Gasteiger partial charge in [-0.1, -0.05) is 30.3 Å². The van der Waals surface area contributed by atoms with Crippen molar-refractivity contribution in [3.63, 3.8) is 0 Å². The van der Waals surface area contributed by atoms with E-state index in [1.165, 1.54) is 22.1 Å². The standard InChI is InChI=1S/C23H25N3O/c1-25-15-19-5-3-2-4-17(19)13-22(25)23(27)26(20-7-8-20)14-16-6-9-21-18(12-16)10-11-24-21/h2-6,9-12,20,22,24H,7-8,13-15H2,1H3/t22-/m0/s1. The monoisotopic (exact) mass is 359 g/mol. The molecule has 1 amide bonds. The van der Waals surface area contributed by atoms with Crippen LogP contribution in [0.3, 0.4) is 0 Å². The van der Waals surface area contributed by atoms with Crippen LogP contribution in [-0.2, 0) is 24.3 Å². The maximum absolute atomic E-state index is 13.5. The van der Waals surface area contributed by atoms with Gasteiger partial charge < -0.3 is 9.88 Å². The zero-order valence-electron chi connectivity index (χ0n) is 15.7. The summed E-state index contributed by atoms with van der Waals surface area (Å²) in [6.07, 6.45) is 5.04. The SMILES string of the molecule is CN1Cc2ccccc2C[C@H]1C(=O)N(Cc1ccc2[nH]ccc2c1)C1CC1. The minimum atomic E-state index is -0.0588. The molecule has 1 N–H and O–H groups in total. The highest BCUT2D eigenvalue weighted by atomic mass is 16.2. The van der Waals surface area contributed by atoms with Gasteiger partial charge in [0, 0.05) is 30.8 Å². The smallest absolute Gasteiger partial charge is 0.240 e. The van der Waals surface area contributed by atoms with Crippen LogP contribution >= 0.6 is 0 Å². The van der Waals surface area contributed by atoms with E-state index < -0.39 is 0 Å². The number of rotatable bonds is 4. The number of benzene rings is 2. The number of H-pyrrole nitrogens is 1. The summed E-state index contributed by atoms with van der Waals surface area (Å²) in [6.45, 7) is 1.55. The van der Waals surface area contributed by atoms with Crippen LogP contribution in [-0.4, -0.2) is 39.8 Å². The van der Waals surface area contributed by atoms with Gasteiger partial charge in [-0.25, -0.2) is 0 Å². The lowest BCUT2D eigenvalue weighted by Crippen LogP contribution is -2.50. The summed E-state index contributed by atoms with van der Waals surface area (Å²) in [7, 11) is 2.08. The van der Waals surface area contributed by atoms with Gasteiger partial charge in [-0.15, -0.1) is 0 Å². The first kappa shape index (κ1) is 16.6. The fourth-order valence-corrected chi connectivity index (χ4v) is 4.29. The van der Waals surface area contributed by atoms with Gasteiger partial charge in [0.05, 0.1) is 6.04 Å². The number of amides is 1. The molecule has 0 saturated heterocycles. The van der Waals surface area contributed by atoms with E-state index in [1.807, 2.05) is 6.20 Å². The number of aromatic nitrogens is 1. The zero-order valence-corrected chi connectivity index (χ0v) is 15.7. The van der Waals surface area contributed by atoms with Crippen molar-refractivity contribution >= 4 is 16.8 Å². The van der Waals surface area contributed by atoms with Crippen LogP contribution in [0, 0.1) is 0 Å². The van der Waals surface area contributed by atoms with Crippen molar-refractivity contribution in [1.29, 1.82) is 0 Å². The van der Waals surface area contributed by atoms with E-state index in [-0.39, 0.29) is 11.9 Å². The summed E-state index contributed by atoms with van der Waals surface area (Å²) in [5.41, 5.74) is 5.02. The zero-order chi connectivity index (χ0) is 18.4. The van der Waals surface area contributed by atoms with Gasteiger partial charge in [0.1, 0.15) is 0 Å². The molecule has 0 bridgehead atoms. The van der Waals surface area contributed by atoms with E-state index in [0.29, 0.717) is 12.6 Å². The average molecular weight is 359 g/mol. The normalized spacial score (nSPS) is 19.8. The maximum atomic E-state index is 13.5. The molecule has 1 aliphatic heterocycles. The summed E-state index contributed by atoms with van der Waals surface area (Å²) in [4.78, 5) is 21.1. The molecule has 1 aromatic heterocycles. The molecule has 2 heterocycles. The van der Waals surface area contributed by atoms with Crippen molar-refractivity contribution < 1.29 is 4.79 Å². The Morgan fingerprint density at radius 2 is 1.96 bits per heavy atom. The highest BCUT2D eigenvalue weighted by Gasteiger charge is 2.38. The van der Waals surface area contributed by atoms with Crippen LogP contribution in [0.25, 0.3) is 10.9 Å². The number of likely N-dealkylation sites (N-methyl/N-ethyl adjacent to an activating group) is 1. The van der Waals surface area contributed by atoms with Crippen LogP contribution < -0.4 is 0 Å². The first-order valence-corrected chi connectivity index (χ1v) is 9.82. The minimum absolute atomic E-state index is 0.0588. The number of hydrogen-bond acceptors (Lipinski definition) is 2. The van der Waals surface area contributed by atoms with Crippen molar-refractivity contribution in [2.24, 2.45) is 0 Å². The number of nitrogens with zero attached hydrogens (tertiary/aromatic N) is 2. The van der Waals surface area contributed by atoms with Gasteiger partial charge in [-0.05, 0) is 66.6 Å². The van der Waals surface area contributed by atoms with E-state index in [9.17, 15) is 4.79 Å². The lowest BCUT2D eigenvalue weighted by atomic mass is 9.93. The molecule has 3 aromatic rings. The van der Waals surface area contributed by atoms with Gasteiger partial charge in [-0.2, -0.15) is 0 Å². The number of carbonyl (C=O) groups is 1. The molecular formula is C23H25N3O. The first-order valence-electron chi connectivity index (χ1n) is 9.82. The molecule has 1 fully saturated rings. The highest BCUT2D eigenvalue weighted by molar-refractivity contribution is 5.84. The number of carbonyl (C=O) groups excluding carboxylic acids is 1. The number of fused-ring (bicyclic) bond motifs is 2. The molecule has 2 aromatic carbocycles. The van der Waals surface area contributed by atoms with Gasteiger partial charge in [0.25, 0.3) is 0 Å². The fourth-order valence-electron chi connectivity index (χ4n) is 4.29. The molecule has 0 radical (unpaired) electrons. The molecule has 0 spiro atoms. The Morgan fingerprint density at radius 1 is 1.15 bits per heavy atom. The van der Waals surface area contributed by atoms with Gasteiger partial charge in [0.2, 0.25) is 5.91 Å². The Balaban J connectivity index is 1.39. The fraction of sp³-hybridized carbons (Fsp3) is 0.348. The van der Waals surface area contributed by atoms with Crippen LogP contribution in [0.5, 0.6) is 0 Å². The van der Waals surface area contributed by atoms with E-state index in [1.54, 1.807) is 0 Å². The van der Waals surface area contributed by atoms with E-state index in [0.717, 1.165) is 31.3 Å². The summed E-state index contributed by atoms with van der Waals surface area (Å²) in [6, 6.07) is 17.4. The summed E-state index contributed by atoms with van der Waals surface area (Å²) >= 11 is 0. The Morgan fingerprint density at radius 3 is 2.78 bits per heavy atom. The number of hydrogen-bond donors (Lipinski definition) is 1. The van der Waals surface area contributed by atoms with E-state index >= 15 is 0 Å². The third kappa shape index (κ3) is 3.15. The predicted molar refractivity (Wildman–Crippen MR) is 107 cm³/mol. The Labute approximate surface area is 159 Å². The predicted octanol–water partition coefficient (Wildman–Crippen LogP) is 3.72.